The van der Waals surface area contributed by atoms with Gasteiger partial charge in [0.2, 0.25) is 0 Å². The van der Waals surface area contributed by atoms with Crippen molar-refractivity contribution in [3.63, 3.8) is 0 Å². The Morgan fingerprint density at radius 1 is 1.32 bits per heavy atom. The number of likely N-dealkylation sites (tertiary alicyclic amines) is 1. The normalized spacial score (nSPS) is 17.0. The topological polar surface area (TPSA) is 102 Å². The maximum Gasteiger partial charge on any atom is 0.274 e. The van der Waals surface area contributed by atoms with Crippen LogP contribution in [-0.2, 0) is 0 Å². The standard InChI is InChI=1S/C17H20N4O4/c22-12-2-4-13-3-1-10-19(13)17(23)16-9-11-20(18-16)14-5-7-15(8-6-14)21(24)25/h5-9,11,13,22H,1-4,10,12H2. The molecule has 1 aliphatic rings. The van der Waals surface area contributed by atoms with E-state index in [2.05, 4.69) is 5.10 Å². The fourth-order valence-corrected chi connectivity index (χ4v) is 3.19. The van der Waals surface area contributed by atoms with E-state index in [-0.39, 0.29) is 24.2 Å². The minimum absolute atomic E-state index is 0.0102. The molecule has 0 bridgehead atoms. The van der Waals surface area contributed by atoms with Gasteiger partial charge in [0.1, 0.15) is 0 Å². The first-order valence-corrected chi connectivity index (χ1v) is 8.32. The summed E-state index contributed by atoms with van der Waals surface area (Å²) in [6.07, 6.45) is 5.07. The number of nitro benzene ring substituents is 1. The van der Waals surface area contributed by atoms with E-state index < -0.39 is 4.92 Å². The van der Waals surface area contributed by atoms with Gasteiger partial charge in [-0.2, -0.15) is 5.10 Å². The van der Waals surface area contributed by atoms with Crippen molar-refractivity contribution in [3.8, 4) is 5.69 Å². The average molecular weight is 344 g/mol. The molecule has 1 aromatic heterocycles. The molecule has 8 nitrogen and oxygen atoms in total. The van der Waals surface area contributed by atoms with Crippen molar-refractivity contribution < 1.29 is 14.8 Å². The molecule has 2 heterocycles. The van der Waals surface area contributed by atoms with E-state index in [9.17, 15) is 14.9 Å². The number of hydrogen-bond donors (Lipinski definition) is 1. The number of aliphatic hydroxyl groups excluding tert-OH is 1. The van der Waals surface area contributed by atoms with Gasteiger partial charge in [0, 0.05) is 37.5 Å². The van der Waals surface area contributed by atoms with Crippen LogP contribution in [0.2, 0.25) is 0 Å². The lowest BCUT2D eigenvalue weighted by Crippen LogP contribution is -2.36. The molecule has 25 heavy (non-hydrogen) atoms. The van der Waals surface area contributed by atoms with Crippen LogP contribution in [-0.4, -0.2) is 49.8 Å². The maximum atomic E-state index is 12.7. The van der Waals surface area contributed by atoms with E-state index in [1.54, 1.807) is 24.4 Å². The van der Waals surface area contributed by atoms with Gasteiger partial charge >= 0.3 is 0 Å². The molecule has 0 aliphatic carbocycles. The van der Waals surface area contributed by atoms with E-state index in [0.717, 1.165) is 19.3 Å². The van der Waals surface area contributed by atoms with Crippen LogP contribution in [0.3, 0.4) is 0 Å². The molecular formula is C17H20N4O4. The number of carbonyl (C=O) groups is 1. The summed E-state index contributed by atoms with van der Waals surface area (Å²) in [5, 5.41) is 24.0. The highest BCUT2D eigenvalue weighted by Crippen LogP contribution is 2.23. The molecule has 0 spiro atoms. The van der Waals surface area contributed by atoms with E-state index in [4.69, 9.17) is 5.11 Å². The molecule has 2 aromatic rings. The predicted molar refractivity (Wildman–Crippen MR) is 90.6 cm³/mol. The largest absolute Gasteiger partial charge is 0.396 e. The van der Waals surface area contributed by atoms with Crippen molar-refractivity contribution in [1.82, 2.24) is 14.7 Å². The molecule has 0 radical (unpaired) electrons. The fourth-order valence-electron chi connectivity index (χ4n) is 3.19. The van der Waals surface area contributed by atoms with Crippen LogP contribution >= 0.6 is 0 Å². The SMILES string of the molecule is O=C(c1ccn(-c2ccc([N+](=O)[O-])cc2)n1)N1CCCC1CCCO. The van der Waals surface area contributed by atoms with E-state index in [1.165, 1.54) is 16.8 Å². The van der Waals surface area contributed by atoms with Crippen LogP contribution < -0.4 is 0 Å². The Kier molecular flexibility index (Phi) is 5.08. The Morgan fingerprint density at radius 2 is 2.08 bits per heavy atom. The third-order valence-corrected chi connectivity index (χ3v) is 4.47. The van der Waals surface area contributed by atoms with Gasteiger partial charge in [-0.15, -0.1) is 0 Å². The summed E-state index contributed by atoms with van der Waals surface area (Å²) < 4.78 is 1.54. The lowest BCUT2D eigenvalue weighted by atomic mass is 10.1. The summed E-state index contributed by atoms with van der Waals surface area (Å²) in [4.78, 5) is 24.8. The summed E-state index contributed by atoms with van der Waals surface area (Å²) in [6, 6.07) is 7.82. The van der Waals surface area contributed by atoms with Crippen LogP contribution in [0, 0.1) is 10.1 Å². The molecule has 132 valence electrons. The Balaban J connectivity index is 1.74. The number of aliphatic hydroxyl groups is 1. The molecule has 8 heteroatoms. The quantitative estimate of drug-likeness (QED) is 0.639. The van der Waals surface area contributed by atoms with Gasteiger partial charge in [0.15, 0.2) is 5.69 Å². The second-order valence-corrected chi connectivity index (χ2v) is 6.08. The Hall–Kier alpha value is -2.74. The lowest BCUT2D eigenvalue weighted by molar-refractivity contribution is -0.384. The molecule has 1 N–H and O–H groups in total. The third-order valence-electron chi connectivity index (χ3n) is 4.47. The van der Waals surface area contributed by atoms with Gasteiger partial charge in [-0.25, -0.2) is 4.68 Å². The summed E-state index contributed by atoms with van der Waals surface area (Å²) in [5.41, 5.74) is 1.02. The van der Waals surface area contributed by atoms with Crippen LogP contribution in [0.4, 0.5) is 5.69 Å². The van der Waals surface area contributed by atoms with Crippen molar-refractivity contribution >= 4 is 11.6 Å². The van der Waals surface area contributed by atoms with Crippen molar-refractivity contribution in [3.05, 3.63) is 52.3 Å². The van der Waals surface area contributed by atoms with Crippen molar-refractivity contribution in [2.24, 2.45) is 0 Å². The van der Waals surface area contributed by atoms with Crippen LogP contribution in [0.5, 0.6) is 0 Å². The summed E-state index contributed by atoms with van der Waals surface area (Å²) in [7, 11) is 0. The van der Waals surface area contributed by atoms with Crippen molar-refractivity contribution in [2.75, 3.05) is 13.2 Å². The minimum Gasteiger partial charge on any atom is -0.396 e. The molecule has 1 atom stereocenters. The number of aromatic nitrogens is 2. The first-order valence-electron chi connectivity index (χ1n) is 8.32. The number of rotatable bonds is 6. The van der Waals surface area contributed by atoms with E-state index >= 15 is 0 Å². The van der Waals surface area contributed by atoms with Crippen molar-refractivity contribution in [2.45, 2.75) is 31.7 Å². The molecule has 1 aliphatic heterocycles. The molecule has 0 saturated carbocycles. The Labute approximate surface area is 144 Å². The van der Waals surface area contributed by atoms with Gasteiger partial charge in [0.25, 0.3) is 11.6 Å². The third kappa shape index (κ3) is 3.69. The smallest absolute Gasteiger partial charge is 0.274 e. The summed E-state index contributed by atoms with van der Waals surface area (Å²) >= 11 is 0. The molecule has 1 amide bonds. The zero-order chi connectivity index (χ0) is 17.8. The Morgan fingerprint density at radius 3 is 2.76 bits per heavy atom. The van der Waals surface area contributed by atoms with Gasteiger partial charge in [-0.05, 0) is 43.9 Å². The van der Waals surface area contributed by atoms with Gasteiger partial charge in [0.05, 0.1) is 10.6 Å². The Bertz CT molecular complexity index is 756. The molecule has 1 fully saturated rings. The number of amides is 1. The summed E-state index contributed by atoms with van der Waals surface area (Å²) in [5.74, 6) is -0.110. The number of nitro groups is 1. The molecule has 1 aromatic carbocycles. The second-order valence-electron chi connectivity index (χ2n) is 6.08. The van der Waals surface area contributed by atoms with Crippen LogP contribution in [0.1, 0.15) is 36.2 Å². The zero-order valence-corrected chi connectivity index (χ0v) is 13.7. The number of hydrogen-bond acceptors (Lipinski definition) is 5. The highest BCUT2D eigenvalue weighted by Gasteiger charge is 2.30. The average Bonchev–Trinajstić information content (AvgIpc) is 3.29. The van der Waals surface area contributed by atoms with E-state index in [0.29, 0.717) is 24.3 Å². The number of non-ortho nitro benzene ring substituents is 1. The van der Waals surface area contributed by atoms with Gasteiger partial charge < -0.3 is 10.0 Å². The van der Waals surface area contributed by atoms with Crippen molar-refractivity contribution in [1.29, 1.82) is 0 Å². The number of carbonyl (C=O) groups excluding carboxylic acids is 1. The second kappa shape index (κ2) is 7.43. The maximum absolute atomic E-state index is 12.7. The first-order chi connectivity index (χ1) is 12.1. The van der Waals surface area contributed by atoms with E-state index in [1.807, 2.05) is 4.90 Å². The van der Waals surface area contributed by atoms with Gasteiger partial charge in [-0.3, -0.25) is 14.9 Å². The molecular weight excluding hydrogens is 324 g/mol. The minimum atomic E-state index is -0.457. The van der Waals surface area contributed by atoms with Crippen LogP contribution in [0.25, 0.3) is 5.69 Å². The van der Waals surface area contributed by atoms with Crippen LogP contribution in [0.15, 0.2) is 36.5 Å². The molecule has 1 saturated heterocycles. The zero-order valence-electron chi connectivity index (χ0n) is 13.7. The van der Waals surface area contributed by atoms with Gasteiger partial charge in [-0.1, -0.05) is 0 Å². The highest BCUT2D eigenvalue weighted by atomic mass is 16.6. The number of nitrogens with zero attached hydrogens (tertiary/aromatic N) is 4. The fraction of sp³-hybridized carbons (Fsp3) is 0.412. The molecule has 3 rings (SSSR count). The molecule has 1 unspecified atom stereocenters. The highest BCUT2D eigenvalue weighted by molar-refractivity contribution is 5.92. The first kappa shape index (κ1) is 17.1. The lowest BCUT2D eigenvalue weighted by Gasteiger charge is -2.23. The monoisotopic (exact) mass is 344 g/mol. The predicted octanol–water partition coefficient (Wildman–Crippen LogP) is 2.16. The summed E-state index contributed by atoms with van der Waals surface area (Å²) in [6.45, 7) is 0.840. The number of benzene rings is 1.